The van der Waals surface area contributed by atoms with E-state index in [1.165, 1.54) is 7.11 Å². The lowest BCUT2D eigenvalue weighted by Crippen LogP contribution is -2.31. The average Bonchev–Trinajstić information content (AvgIpc) is 3.24. The van der Waals surface area contributed by atoms with Crippen LogP contribution < -0.4 is 10.1 Å². The molecule has 3 aromatic rings. The lowest BCUT2D eigenvalue weighted by molar-refractivity contribution is -0.122. The Balaban J connectivity index is 1.55. The second kappa shape index (κ2) is 5.94. The minimum Gasteiger partial charge on any atom is -0.480 e. The molecule has 0 radical (unpaired) electrons. The summed E-state index contributed by atoms with van der Waals surface area (Å²) in [5.41, 5.74) is 2.44. The molecule has 0 bridgehead atoms. The number of carbonyl (C=O) groups excluding carboxylic acids is 2. The number of methoxy groups -OCH3 is 1. The van der Waals surface area contributed by atoms with Gasteiger partial charge in [0.05, 0.1) is 12.6 Å². The average molecular weight is 337 g/mol. The zero-order chi connectivity index (χ0) is 17.4. The van der Waals surface area contributed by atoms with Crippen molar-refractivity contribution in [2.75, 3.05) is 12.4 Å². The van der Waals surface area contributed by atoms with Crippen LogP contribution in [0.15, 0.2) is 42.5 Å². The molecule has 0 aliphatic carbocycles. The van der Waals surface area contributed by atoms with E-state index in [0.717, 1.165) is 11.3 Å². The van der Waals surface area contributed by atoms with Crippen LogP contribution in [0.25, 0.3) is 10.9 Å². The third-order valence-electron chi connectivity index (χ3n) is 4.15. The number of benzene rings is 2. The number of rotatable bonds is 3. The summed E-state index contributed by atoms with van der Waals surface area (Å²) < 4.78 is 10.4. The maximum Gasteiger partial charge on any atom is 0.359 e. The van der Waals surface area contributed by atoms with Crippen LogP contribution in [0.1, 0.15) is 16.1 Å². The quantitative estimate of drug-likeness (QED) is 0.715. The lowest BCUT2D eigenvalue weighted by Gasteiger charge is -2.11. The zero-order valence-electron chi connectivity index (χ0n) is 13.4. The Kier molecular flexibility index (Phi) is 3.61. The van der Waals surface area contributed by atoms with Gasteiger partial charge in [-0.05, 0) is 29.8 Å². The minimum atomic E-state index is -0.572. The van der Waals surface area contributed by atoms with E-state index in [-0.39, 0.29) is 11.6 Å². The maximum atomic E-state index is 12.5. The monoisotopic (exact) mass is 337 g/mol. The van der Waals surface area contributed by atoms with Crippen LogP contribution >= 0.6 is 0 Å². The van der Waals surface area contributed by atoms with Gasteiger partial charge < -0.3 is 14.8 Å². The molecule has 1 amide bonds. The molecule has 25 heavy (non-hydrogen) atoms. The number of anilines is 1. The number of hydrogen-bond acceptors (Lipinski definition) is 5. The van der Waals surface area contributed by atoms with Gasteiger partial charge in [0.15, 0.2) is 11.8 Å². The summed E-state index contributed by atoms with van der Waals surface area (Å²) in [7, 11) is 1.30. The number of amides is 1. The second-order valence-corrected chi connectivity index (χ2v) is 5.73. The van der Waals surface area contributed by atoms with Gasteiger partial charge in [-0.2, -0.15) is 5.10 Å². The fourth-order valence-electron chi connectivity index (χ4n) is 2.90. The number of aromatic nitrogens is 2. The highest BCUT2D eigenvalue weighted by Gasteiger charge is 2.29. The first-order valence-corrected chi connectivity index (χ1v) is 7.77. The Labute approximate surface area is 142 Å². The predicted octanol–water partition coefficient (Wildman–Crippen LogP) is 2.29. The van der Waals surface area contributed by atoms with Crippen LogP contribution in [-0.2, 0) is 16.0 Å². The highest BCUT2D eigenvalue weighted by Crippen LogP contribution is 2.29. The molecule has 0 fully saturated rings. The summed E-state index contributed by atoms with van der Waals surface area (Å²) in [6, 6.07) is 12.8. The topological polar surface area (TPSA) is 93.3 Å². The molecule has 2 heterocycles. The fourth-order valence-corrected chi connectivity index (χ4v) is 2.90. The Hall–Kier alpha value is -3.35. The van der Waals surface area contributed by atoms with Gasteiger partial charge in [0.1, 0.15) is 5.75 Å². The molecular formula is C18H15N3O4. The van der Waals surface area contributed by atoms with E-state index in [4.69, 9.17) is 9.47 Å². The molecule has 1 unspecified atom stereocenters. The van der Waals surface area contributed by atoms with E-state index in [1.54, 1.807) is 18.2 Å². The number of nitrogens with zero attached hydrogens (tertiary/aromatic N) is 1. The molecule has 0 saturated carbocycles. The lowest BCUT2D eigenvalue weighted by atomic mass is 10.1. The molecule has 1 aliphatic heterocycles. The zero-order valence-corrected chi connectivity index (χ0v) is 13.4. The third-order valence-corrected chi connectivity index (χ3v) is 4.15. The van der Waals surface area contributed by atoms with Gasteiger partial charge in [0.25, 0.3) is 5.91 Å². The number of nitrogens with one attached hydrogen (secondary N) is 2. The van der Waals surface area contributed by atoms with Crippen molar-refractivity contribution in [1.29, 1.82) is 0 Å². The van der Waals surface area contributed by atoms with Gasteiger partial charge in [-0.1, -0.05) is 18.2 Å². The molecule has 7 nitrogen and oxygen atoms in total. The van der Waals surface area contributed by atoms with Gasteiger partial charge in [-0.25, -0.2) is 4.79 Å². The van der Waals surface area contributed by atoms with Crippen molar-refractivity contribution >= 4 is 28.5 Å². The van der Waals surface area contributed by atoms with Gasteiger partial charge in [0, 0.05) is 17.5 Å². The molecule has 2 aromatic carbocycles. The standard InChI is InChI=1S/C18H15N3O4/c1-24-18(23)16-12-9-11(6-7-13(12)20-21-16)19-17(22)15-8-10-4-2-3-5-14(10)25-15/h2-7,9,15H,8H2,1H3,(H,19,22)(H,20,21). The van der Waals surface area contributed by atoms with E-state index in [2.05, 4.69) is 15.5 Å². The highest BCUT2D eigenvalue weighted by atomic mass is 16.5. The van der Waals surface area contributed by atoms with Gasteiger partial charge >= 0.3 is 5.97 Å². The Morgan fingerprint density at radius 2 is 2.12 bits per heavy atom. The molecule has 126 valence electrons. The summed E-state index contributed by atoms with van der Waals surface area (Å²) >= 11 is 0. The molecule has 7 heteroatoms. The summed E-state index contributed by atoms with van der Waals surface area (Å²) in [5, 5.41) is 10.1. The predicted molar refractivity (Wildman–Crippen MR) is 90.6 cm³/mol. The summed E-state index contributed by atoms with van der Waals surface area (Å²) in [6.07, 6.45) is -0.0406. The SMILES string of the molecule is COC(=O)c1n[nH]c2ccc(NC(=O)C3Cc4ccccc4O3)cc12. The number of ether oxygens (including phenoxy) is 2. The van der Waals surface area contributed by atoms with E-state index in [0.29, 0.717) is 23.0 Å². The molecule has 0 spiro atoms. The molecular weight excluding hydrogens is 322 g/mol. The second-order valence-electron chi connectivity index (χ2n) is 5.73. The van der Waals surface area contributed by atoms with Crippen molar-refractivity contribution in [3.8, 4) is 5.75 Å². The van der Waals surface area contributed by atoms with Crippen LogP contribution in [0.2, 0.25) is 0 Å². The maximum absolute atomic E-state index is 12.5. The molecule has 1 aliphatic rings. The van der Waals surface area contributed by atoms with E-state index >= 15 is 0 Å². The van der Waals surface area contributed by atoms with Crippen LogP contribution in [0.3, 0.4) is 0 Å². The number of hydrogen-bond donors (Lipinski definition) is 2. The fraction of sp³-hybridized carbons (Fsp3) is 0.167. The highest BCUT2D eigenvalue weighted by molar-refractivity contribution is 6.04. The number of fused-ring (bicyclic) bond motifs is 2. The molecule has 2 N–H and O–H groups in total. The van der Waals surface area contributed by atoms with Crippen LogP contribution in [0.4, 0.5) is 5.69 Å². The van der Waals surface area contributed by atoms with Gasteiger partial charge in [0.2, 0.25) is 0 Å². The van der Waals surface area contributed by atoms with Crippen molar-refractivity contribution in [2.24, 2.45) is 0 Å². The number of para-hydroxylation sites is 1. The largest absolute Gasteiger partial charge is 0.480 e. The molecule has 1 atom stereocenters. The first-order chi connectivity index (χ1) is 12.2. The first kappa shape index (κ1) is 15.2. The minimum absolute atomic E-state index is 0.179. The number of carbonyl (C=O) groups is 2. The first-order valence-electron chi connectivity index (χ1n) is 7.77. The Morgan fingerprint density at radius 1 is 1.28 bits per heavy atom. The van der Waals surface area contributed by atoms with Gasteiger partial charge in [-0.15, -0.1) is 0 Å². The third kappa shape index (κ3) is 2.69. The summed E-state index contributed by atoms with van der Waals surface area (Å²) in [5.74, 6) is -0.0381. The number of esters is 1. The van der Waals surface area contributed by atoms with Crippen molar-refractivity contribution in [3.05, 3.63) is 53.7 Å². The summed E-state index contributed by atoms with van der Waals surface area (Å²) in [4.78, 5) is 24.2. The molecule has 0 saturated heterocycles. The van der Waals surface area contributed by atoms with Crippen LogP contribution in [-0.4, -0.2) is 35.3 Å². The van der Waals surface area contributed by atoms with Gasteiger partial charge in [-0.3, -0.25) is 9.89 Å². The normalized spacial score (nSPS) is 15.5. The number of aromatic amines is 1. The van der Waals surface area contributed by atoms with Crippen molar-refractivity contribution in [2.45, 2.75) is 12.5 Å². The van der Waals surface area contributed by atoms with E-state index in [9.17, 15) is 9.59 Å². The summed E-state index contributed by atoms with van der Waals surface area (Å²) in [6.45, 7) is 0. The number of H-pyrrole nitrogens is 1. The van der Waals surface area contributed by atoms with Crippen molar-refractivity contribution in [3.63, 3.8) is 0 Å². The van der Waals surface area contributed by atoms with Crippen LogP contribution in [0, 0.1) is 0 Å². The van der Waals surface area contributed by atoms with Crippen molar-refractivity contribution in [1.82, 2.24) is 10.2 Å². The van der Waals surface area contributed by atoms with Crippen molar-refractivity contribution < 1.29 is 19.1 Å². The van der Waals surface area contributed by atoms with Crippen LogP contribution in [0.5, 0.6) is 5.75 Å². The molecule has 4 rings (SSSR count). The Bertz CT molecular complexity index is 954. The smallest absolute Gasteiger partial charge is 0.359 e. The van der Waals surface area contributed by atoms with E-state index < -0.39 is 12.1 Å². The Morgan fingerprint density at radius 3 is 2.92 bits per heavy atom. The molecule has 1 aromatic heterocycles. The van der Waals surface area contributed by atoms with E-state index in [1.807, 2.05) is 24.3 Å².